The molecule has 0 aromatic heterocycles. The molecule has 1 unspecified atom stereocenters. The van der Waals surface area contributed by atoms with Crippen LogP contribution < -0.4 is 10.6 Å². The molecule has 1 spiro atoms. The van der Waals surface area contributed by atoms with Crippen LogP contribution in [0.15, 0.2) is 0 Å². The summed E-state index contributed by atoms with van der Waals surface area (Å²) in [6.07, 6.45) is 4.32. The molecule has 18 heavy (non-hydrogen) atoms. The monoisotopic (exact) mass is 254 g/mol. The average Bonchev–Trinajstić information content (AvgIpc) is 2.11. The molecule has 2 aliphatic heterocycles. The maximum absolute atomic E-state index is 6.22. The van der Waals surface area contributed by atoms with Gasteiger partial charge < -0.3 is 10.1 Å². The maximum Gasteiger partial charge on any atom is 0.123 e. The van der Waals surface area contributed by atoms with Gasteiger partial charge in [0.2, 0.25) is 0 Å². The first-order valence-corrected chi connectivity index (χ1v) is 7.32. The summed E-state index contributed by atoms with van der Waals surface area (Å²) in [7, 11) is 0. The molecule has 2 fully saturated rings. The first-order chi connectivity index (χ1) is 8.10. The van der Waals surface area contributed by atoms with Crippen molar-refractivity contribution in [2.45, 2.75) is 89.6 Å². The van der Waals surface area contributed by atoms with Crippen LogP contribution in [0, 0.1) is 0 Å². The number of ether oxygens (including phenoxy) is 1. The van der Waals surface area contributed by atoms with E-state index in [0.29, 0.717) is 0 Å². The molecule has 0 aliphatic carbocycles. The molecular formula is C15H30N2O. The minimum atomic E-state index is -0.152. The van der Waals surface area contributed by atoms with Crippen LogP contribution in [0.5, 0.6) is 0 Å². The SMILES string of the molecule is CCC1(C)CCOC2(CC(C)(C)NC(C)(C)C2)N1. The van der Waals surface area contributed by atoms with E-state index in [4.69, 9.17) is 4.74 Å². The Morgan fingerprint density at radius 2 is 1.50 bits per heavy atom. The van der Waals surface area contributed by atoms with Crippen LogP contribution >= 0.6 is 0 Å². The number of rotatable bonds is 1. The third-order valence-corrected chi connectivity index (χ3v) is 4.47. The molecule has 2 heterocycles. The van der Waals surface area contributed by atoms with E-state index in [-0.39, 0.29) is 22.3 Å². The number of hydrogen-bond donors (Lipinski definition) is 2. The van der Waals surface area contributed by atoms with Gasteiger partial charge in [0.15, 0.2) is 0 Å². The predicted octanol–water partition coefficient (Wildman–Crippen LogP) is 2.80. The Bertz CT molecular complexity index is 308. The van der Waals surface area contributed by atoms with E-state index in [1.165, 1.54) is 0 Å². The lowest BCUT2D eigenvalue weighted by molar-refractivity contribution is -0.174. The summed E-state index contributed by atoms with van der Waals surface area (Å²) in [4.78, 5) is 0. The van der Waals surface area contributed by atoms with Crippen molar-refractivity contribution >= 4 is 0 Å². The van der Waals surface area contributed by atoms with Gasteiger partial charge in [0.05, 0.1) is 6.61 Å². The van der Waals surface area contributed by atoms with E-state index in [0.717, 1.165) is 32.3 Å². The van der Waals surface area contributed by atoms with E-state index in [1.807, 2.05) is 0 Å². The number of piperidine rings is 1. The number of nitrogens with one attached hydrogen (secondary N) is 2. The Kier molecular flexibility index (Phi) is 3.33. The smallest absolute Gasteiger partial charge is 0.123 e. The van der Waals surface area contributed by atoms with E-state index in [9.17, 15) is 0 Å². The van der Waals surface area contributed by atoms with Gasteiger partial charge in [0.1, 0.15) is 5.72 Å². The zero-order valence-corrected chi connectivity index (χ0v) is 12.9. The van der Waals surface area contributed by atoms with Crippen LogP contribution in [0.3, 0.4) is 0 Å². The van der Waals surface area contributed by atoms with E-state index in [2.05, 4.69) is 52.2 Å². The number of hydrogen-bond acceptors (Lipinski definition) is 3. The van der Waals surface area contributed by atoms with Crippen molar-refractivity contribution in [3.05, 3.63) is 0 Å². The van der Waals surface area contributed by atoms with Crippen molar-refractivity contribution in [3.8, 4) is 0 Å². The van der Waals surface area contributed by atoms with Gasteiger partial charge in [0.25, 0.3) is 0 Å². The minimum absolute atomic E-state index is 0.112. The molecule has 0 aromatic rings. The lowest BCUT2D eigenvalue weighted by Gasteiger charge is -2.57. The molecule has 2 aliphatic rings. The first kappa shape index (κ1) is 14.3. The van der Waals surface area contributed by atoms with Gasteiger partial charge in [-0.05, 0) is 47.5 Å². The minimum Gasteiger partial charge on any atom is -0.360 e. The molecule has 2 rings (SSSR count). The van der Waals surface area contributed by atoms with Gasteiger partial charge in [-0.1, -0.05) is 6.92 Å². The van der Waals surface area contributed by atoms with Crippen LogP contribution in [0.1, 0.15) is 67.2 Å². The second-order valence-corrected chi connectivity index (χ2v) is 7.88. The zero-order chi connectivity index (χ0) is 13.7. The molecule has 2 N–H and O–H groups in total. The van der Waals surface area contributed by atoms with E-state index >= 15 is 0 Å². The van der Waals surface area contributed by atoms with Crippen molar-refractivity contribution < 1.29 is 4.74 Å². The lowest BCUT2D eigenvalue weighted by atomic mass is 9.75. The Labute approximate surface area is 112 Å². The Hall–Kier alpha value is -0.120. The van der Waals surface area contributed by atoms with Crippen LogP contribution in [-0.4, -0.2) is 28.9 Å². The molecule has 0 bridgehead atoms. The largest absolute Gasteiger partial charge is 0.360 e. The summed E-state index contributed by atoms with van der Waals surface area (Å²) >= 11 is 0. The Morgan fingerprint density at radius 1 is 0.944 bits per heavy atom. The fourth-order valence-corrected chi connectivity index (χ4v) is 4.07. The predicted molar refractivity (Wildman–Crippen MR) is 75.7 cm³/mol. The molecule has 3 heteroatoms. The Balaban J connectivity index is 2.24. The standard InChI is InChI=1S/C15H30N2O/c1-7-14(6)8-9-18-15(17-14)10-12(2,3)16-13(4,5)11-15/h16-17H,7-11H2,1-6H3. The molecule has 0 saturated carbocycles. The molecule has 1 atom stereocenters. The van der Waals surface area contributed by atoms with Crippen molar-refractivity contribution in [2.75, 3.05) is 6.61 Å². The highest BCUT2D eigenvalue weighted by molar-refractivity contribution is 5.07. The average molecular weight is 254 g/mol. The third kappa shape index (κ3) is 2.89. The van der Waals surface area contributed by atoms with Crippen molar-refractivity contribution in [1.29, 1.82) is 0 Å². The molecule has 2 saturated heterocycles. The van der Waals surface area contributed by atoms with Gasteiger partial charge >= 0.3 is 0 Å². The molecule has 0 aromatic carbocycles. The summed E-state index contributed by atoms with van der Waals surface area (Å²) in [6, 6.07) is 0. The van der Waals surface area contributed by atoms with Crippen LogP contribution in [0.4, 0.5) is 0 Å². The Morgan fingerprint density at radius 3 is 2.00 bits per heavy atom. The quantitative estimate of drug-likeness (QED) is 0.755. The summed E-state index contributed by atoms with van der Waals surface area (Å²) < 4.78 is 6.22. The summed E-state index contributed by atoms with van der Waals surface area (Å²) in [6.45, 7) is 14.6. The first-order valence-electron chi connectivity index (χ1n) is 7.32. The van der Waals surface area contributed by atoms with Gasteiger partial charge in [-0.3, -0.25) is 5.32 Å². The highest BCUT2D eigenvalue weighted by Gasteiger charge is 2.51. The molecular weight excluding hydrogens is 224 g/mol. The van der Waals surface area contributed by atoms with Crippen LogP contribution in [0.2, 0.25) is 0 Å². The summed E-state index contributed by atoms with van der Waals surface area (Å²) in [5.41, 5.74) is 0.296. The third-order valence-electron chi connectivity index (χ3n) is 4.47. The van der Waals surface area contributed by atoms with Gasteiger partial charge in [0, 0.05) is 29.5 Å². The highest BCUT2D eigenvalue weighted by atomic mass is 16.5. The topological polar surface area (TPSA) is 33.3 Å². The maximum atomic E-state index is 6.22. The fraction of sp³-hybridized carbons (Fsp3) is 1.00. The normalized spacial score (nSPS) is 37.7. The van der Waals surface area contributed by atoms with Crippen LogP contribution in [-0.2, 0) is 4.74 Å². The highest BCUT2D eigenvalue weighted by Crippen LogP contribution is 2.41. The van der Waals surface area contributed by atoms with Gasteiger partial charge in [-0.15, -0.1) is 0 Å². The van der Waals surface area contributed by atoms with E-state index in [1.54, 1.807) is 0 Å². The van der Waals surface area contributed by atoms with Gasteiger partial charge in [-0.2, -0.15) is 0 Å². The molecule has 0 radical (unpaired) electrons. The molecule has 106 valence electrons. The summed E-state index contributed by atoms with van der Waals surface area (Å²) in [5, 5.41) is 7.57. The van der Waals surface area contributed by atoms with Crippen molar-refractivity contribution in [1.82, 2.24) is 10.6 Å². The lowest BCUT2D eigenvalue weighted by Crippen LogP contribution is -2.72. The second-order valence-electron chi connectivity index (χ2n) is 7.88. The fourth-order valence-electron chi connectivity index (χ4n) is 4.07. The van der Waals surface area contributed by atoms with E-state index < -0.39 is 0 Å². The van der Waals surface area contributed by atoms with Crippen molar-refractivity contribution in [3.63, 3.8) is 0 Å². The van der Waals surface area contributed by atoms with Crippen molar-refractivity contribution in [2.24, 2.45) is 0 Å². The molecule has 0 amide bonds. The van der Waals surface area contributed by atoms with Crippen LogP contribution in [0.25, 0.3) is 0 Å². The summed E-state index contributed by atoms with van der Waals surface area (Å²) in [5.74, 6) is 0. The molecule has 3 nitrogen and oxygen atoms in total. The second kappa shape index (κ2) is 4.19. The van der Waals surface area contributed by atoms with Gasteiger partial charge in [-0.25, -0.2) is 0 Å². The zero-order valence-electron chi connectivity index (χ0n) is 12.9.